The van der Waals surface area contributed by atoms with Gasteiger partial charge in [-0.1, -0.05) is 12.1 Å². The molecule has 3 aromatic heterocycles. The van der Waals surface area contributed by atoms with E-state index in [1.54, 1.807) is 13.3 Å². The maximum Gasteiger partial charge on any atom is 0.246 e. The average molecular weight is 364 g/mol. The minimum absolute atomic E-state index is 0.132. The number of benzene rings is 1. The third-order valence-corrected chi connectivity index (χ3v) is 4.74. The Labute approximate surface area is 154 Å². The number of fused-ring (bicyclic) bond motifs is 1. The van der Waals surface area contributed by atoms with Crippen molar-refractivity contribution in [1.29, 1.82) is 0 Å². The van der Waals surface area contributed by atoms with E-state index in [-0.39, 0.29) is 12.5 Å². The van der Waals surface area contributed by atoms with E-state index in [0.29, 0.717) is 5.13 Å². The van der Waals surface area contributed by atoms with E-state index >= 15 is 0 Å². The number of aromatic nitrogens is 3. The minimum atomic E-state index is -0.132. The van der Waals surface area contributed by atoms with Crippen molar-refractivity contribution in [2.24, 2.45) is 0 Å². The molecule has 0 saturated carbocycles. The van der Waals surface area contributed by atoms with Gasteiger partial charge in [0.2, 0.25) is 5.91 Å². The first kappa shape index (κ1) is 16.3. The molecule has 0 aliphatic rings. The van der Waals surface area contributed by atoms with E-state index in [0.717, 1.165) is 28.0 Å². The van der Waals surface area contributed by atoms with Crippen LogP contribution in [0.15, 0.2) is 60.2 Å². The van der Waals surface area contributed by atoms with Crippen LogP contribution in [0, 0.1) is 0 Å². The summed E-state index contributed by atoms with van der Waals surface area (Å²) < 4.78 is 7.25. The van der Waals surface area contributed by atoms with Crippen molar-refractivity contribution in [3.63, 3.8) is 0 Å². The number of hydrogen-bond acceptors (Lipinski definition) is 5. The number of methoxy groups -OCH3 is 1. The Morgan fingerprint density at radius 1 is 1.19 bits per heavy atom. The quantitative estimate of drug-likeness (QED) is 0.585. The van der Waals surface area contributed by atoms with Crippen molar-refractivity contribution in [3.8, 4) is 17.1 Å². The highest BCUT2D eigenvalue weighted by Gasteiger charge is 2.11. The molecule has 0 spiro atoms. The molecule has 1 amide bonds. The molecule has 26 heavy (non-hydrogen) atoms. The summed E-state index contributed by atoms with van der Waals surface area (Å²) in [6.45, 7) is 0.204. The summed E-state index contributed by atoms with van der Waals surface area (Å²) in [7, 11) is 1.64. The number of ether oxygens (including phenoxy) is 1. The summed E-state index contributed by atoms with van der Waals surface area (Å²) in [6.07, 6.45) is 3.60. The summed E-state index contributed by atoms with van der Waals surface area (Å²) in [5.41, 5.74) is 2.49. The number of hydrogen-bond donors (Lipinski definition) is 1. The lowest BCUT2D eigenvalue weighted by atomic mass is 10.2. The Hall–Kier alpha value is -3.19. The zero-order valence-corrected chi connectivity index (χ0v) is 14.9. The van der Waals surface area contributed by atoms with Crippen molar-refractivity contribution in [2.45, 2.75) is 6.54 Å². The maximum atomic E-state index is 12.4. The van der Waals surface area contributed by atoms with Crippen LogP contribution in [0.3, 0.4) is 0 Å². The molecule has 4 rings (SSSR count). The Bertz CT molecular complexity index is 1060. The number of nitrogens with one attached hydrogen (secondary N) is 1. The molecule has 3 heterocycles. The second-order valence-electron chi connectivity index (χ2n) is 5.64. The van der Waals surface area contributed by atoms with Gasteiger partial charge in [0.05, 0.1) is 18.3 Å². The molecular weight excluding hydrogens is 348 g/mol. The Morgan fingerprint density at radius 2 is 2.12 bits per heavy atom. The fraction of sp³-hybridized carbons (Fsp3) is 0.105. The van der Waals surface area contributed by atoms with Crippen LogP contribution in [0.4, 0.5) is 5.13 Å². The molecule has 1 aromatic carbocycles. The third kappa shape index (κ3) is 3.16. The van der Waals surface area contributed by atoms with Crippen molar-refractivity contribution in [3.05, 3.63) is 60.2 Å². The van der Waals surface area contributed by atoms with Crippen LogP contribution in [0.25, 0.3) is 22.3 Å². The molecule has 0 radical (unpaired) electrons. The predicted octanol–water partition coefficient (Wildman–Crippen LogP) is 3.81. The highest BCUT2D eigenvalue weighted by atomic mass is 32.1. The largest absolute Gasteiger partial charge is 0.496 e. The lowest BCUT2D eigenvalue weighted by Crippen LogP contribution is -2.18. The van der Waals surface area contributed by atoms with Gasteiger partial charge >= 0.3 is 0 Å². The van der Waals surface area contributed by atoms with E-state index in [1.165, 1.54) is 11.3 Å². The van der Waals surface area contributed by atoms with Gasteiger partial charge in [0.15, 0.2) is 5.13 Å². The normalized spacial score (nSPS) is 10.8. The van der Waals surface area contributed by atoms with E-state index in [9.17, 15) is 4.79 Å². The van der Waals surface area contributed by atoms with Gasteiger partial charge in [-0.05, 0) is 30.3 Å². The lowest BCUT2D eigenvalue weighted by Gasteiger charge is -2.06. The first-order valence-corrected chi connectivity index (χ1v) is 8.91. The summed E-state index contributed by atoms with van der Waals surface area (Å²) in [4.78, 5) is 21.1. The van der Waals surface area contributed by atoms with Crippen LogP contribution < -0.4 is 10.1 Å². The number of anilines is 1. The molecule has 0 fully saturated rings. The van der Waals surface area contributed by atoms with Gasteiger partial charge in [-0.25, -0.2) is 4.98 Å². The summed E-state index contributed by atoms with van der Waals surface area (Å²) >= 11 is 1.38. The second-order valence-corrected chi connectivity index (χ2v) is 6.50. The molecule has 0 aliphatic carbocycles. The number of pyridine rings is 1. The number of carbonyl (C=O) groups excluding carboxylic acids is 1. The Balaban J connectivity index is 1.49. The smallest absolute Gasteiger partial charge is 0.246 e. The van der Waals surface area contributed by atoms with E-state index in [4.69, 9.17) is 4.74 Å². The van der Waals surface area contributed by atoms with Crippen LogP contribution in [-0.4, -0.2) is 27.6 Å². The predicted molar refractivity (Wildman–Crippen MR) is 102 cm³/mol. The molecule has 1 N–H and O–H groups in total. The SMILES string of the molecule is COc1cccc2c1ccn2CC(=O)Nc1nc(-c2ccccn2)cs1. The summed E-state index contributed by atoms with van der Waals surface area (Å²) in [5, 5.41) is 6.28. The van der Waals surface area contributed by atoms with Crippen LogP contribution in [-0.2, 0) is 11.3 Å². The van der Waals surface area contributed by atoms with Gasteiger partial charge in [-0.2, -0.15) is 0 Å². The molecule has 0 aliphatic heterocycles. The number of nitrogens with zero attached hydrogens (tertiary/aromatic N) is 3. The van der Waals surface area contributed by atoms with Crippen LogP contribution >= 0.6 is 11.3 Å². The first-order valence-electron chi connectivity index (χ1n) is 8.03. The Morgan fingerprint density at radius 3 is 2.92 bits per heavy atom. The monoisotopic (exact) mass is 364 g/mol. The molecule has 0 atom stereocenters. The zero-order valence-electron chi connectivity index (χ0n) is 14.0. The van der Waals surface area contributed by atoms with Gasteiger partial charge in [0.1, 0.15) is 18.0 Å². The zero-order chi connectivity index (χ0) is 17.9. The van der Waals surface area contributed by atoms with Crippen LogP contribution in [0.1, 0.15) is 0 Å². The molecule has 0 bridgehead atoms. The van der Waals surface area contributed by atoms with E-state index in [1.807, 2.05) is 58.6 Å². The third-order valence-electron chi connectivity index (χ3n) is 3.99. The number of rotatable bonds is 5. The van der Waals surface area contributed by atoms with Gasteiger partial charge < -0.3 is 14.6 Å². The standard InChI is InChI=1S/C19H16N4O2S/c1-25-17-7-4-6-16-13(17)8-10-23(16)11-18(24)22-19-21-15(12-26-19)14-5-2-3-9-20-14/h2-10,12H,11H2,1H3,(H,21,22,24). The van der Waals surface area contributed by atoms with Crippen LogP contribution in [0.2, 0.25) is 0 Å². The lowest BCUT2D eigenvalue weighted by molar-refractivity contribution is -0.116. The minimum Gasteiger partial charge on any atom is -0.496 e. The topological polar surface area (TPSA) is 69.0 Å². The molecule has 4 aromatic rings. The Kier molecular flexibility index (Phi) is 4.37. The second kappa shape index (κ2) is 6.97. The first-order chi connectivity index (χ1) is 12.7. The number of thiazole rings is 1. The van der Waals surface area contributed by atoms with Crippen LogP contribution in [0.5, 0.6) is 5.75 Å². The molecule has 0 unspecified atom stereocenters. The fourth-order valence-corrected chi connectivity index (χ4v) is 3.51. The highest BCUT2D eigenvalue weighted by molar-refractivity contribution is 7.14. The highest BCUT2D eigenvalue weighted by Crippen LogP contribution is 2.26. The molecule has 0 saturated heterocycles. The van der Waals surface area contributed by atoms with Crippen molar-refractivity contribution < 1.29 is 9.53 Å². The van der Waals surface area contributed by atoms with E-state index in [2.05, 4.69) is 15.3 Å². The fourth-order valence-electron chi connectivity index (χ4n) is 2.79. The van der Waals surface area contributed by atoms with Gasteiger partial charge in [0, 0.05) is 23.2 Å². The van der Waals surface area contributed by atoms with Gasteiger partial charge in [-0.15, -0.1) is 11.3 Å². The average Bonchev–Trinajstić information content (AvgIpc) is 3.30. The van der Waals surface area contributed by atoms with Gasteiger partial charge in [-0.3, -0.25) is 9.78 Å². The van der Waals surface area contributed by atoms with Crippen molar-refractivity contribution in [1.82, 2.24) is 14.5 Å². The van der Waals surface area contributed by atoms with Gasteiger partial charge in [0.25, 0.3) is 0 Å². The van der Waals surface area contributed by atoms with Crippen molar-refractivity contribution in [2.75, 3.05) is 12.4 Å². The summed E-state index contributed by atoms with van der Waals surface area (Å²) in [5.74, 6) is 0.661. The maximum absolute atomic E-state index is 12.4. The van der Waals surface area contributed by atoms with E-state index < -0.39 is 0 Å². The van der Waals surface area contributed by atoms with Crippen molar-refractivity contribution >= 4 is 33.3 Å². The summed E-state index contributed by atoms with van der Waals surface area (Å²) in [6, 6.07) is 13.4. The number of amides is 1. The molecular formula is C19H16N4O2S. The molecule has 6 nitrogen and oxygen atoms in total. The molecule has 7 heteroatoms. The number of carbonyl (C=O) groups is 1. The molecule has 130 valence electrons.